The van der Waals surface area contributed by atoms with Crippen LogP contribution in [-0.2, 0) is 0 Å². The van der Waals surface area contributed by atoms with Crippen molar-refractivity contribution in [3.05, 3.63) is 0 Å². The van der Waals surface area contributed by atoms with Gasteiger partial charge >= 0.3 is 23.1 Å². The Morgan fingerprint density at radius 3 is 1.83 bits per heavy atom. The van der Waals surface area contributed by atoms with Gasteiger partial charge in [0.15, 0.2) is 0 Å². The standard InChI is InChI=1S/C4H10O.Mg.2H/c1-3-4(2)5;;;/h4-5H,3H2,1-2H3;;;. The van der Waals surface area contributed by atoms with E-state index in [4.69, 9.17) is 5.11 Å². The highest BCUT2D eigenvalue weighted by Crippen LogP contribution is 1.81. The van der Waals surface area contributed by atoms with Crippen LogP contribution in [0.15, 0.2) is 0 Å². The zero-order chi connectivity index (χ0) is 4.28. The Labute approximate surface area is 54.9 Å². The van der Waals surface area contributed by atoms with Crippen LogP contribution in [0.25, 0.3) is 0 Å². The molecule has 0 saturated heterocycles. The maximum atomic E-state index is 8.36. The van der Waals surface area contributed by atoms with Crippen LogP contribution in [0.1, 0.15) is 20.3 Å². The predicted molar refractivity (Wildman–Crippen MR) is 30.5 cm³/mol. The molecule has 0 aromatic heterocycles. The molecule has 0 aliphatic heterocycles. The third kappa shape index (κ3) is 8.83. The van der Waals surface area contributed by atoms with Crippen molar-refractivity contribution >= 4 is 23.1 Å². The highest BCUT2D eigenvalue weighted by Gasteiger charge is 1.81. The quantitative estimate of drug-likeness (QED) is 0.455. The first kappa shape index (κ1) is 9.87. The van der Waals surface area contributed by atoms with Crippen molar-refractivity contribution in [2.24, 2.45) is 0 Å². The summed E-state index contributed by atoms with van der Waals surface area (Å²) in [5.74, 6) is 0. The smallest absolute Gasteiger partial charge is 0.316 e. The molecule has 1 N–H and O–H groups in total. The van der Waals surface area contributed by atoms with Crippen LogP contribution in [0.5, 0.6) is 0 Å². The second kappa shape index (κ2) is 5.73. The van der Waals surface area contributed by atoms with Crippen LogP contribution >= 0.6 is 0 Å². The van der Waals surface area contributed by atoms with Crippen LogP contribution < -0.4 is 0 Å². The van der Waals surface area contributed by atoms with Gasteiger partial charge in [-0.1, -0.05) is 6.92 Å². The Hall–Kier alpha value is 0.726. The second-order valence-corrected chi connectivity index (χ2v) is 1.26. The average molecular weight is 100 g/mol. The van der Waals surface area contributed by atoms with Gasteiger partial charge in [0.25, 0.3) is 0 Å². The molecule has 0 fully saturated rings. The molecule has 0 heterocycles. The molecule has 0 amide bonds. The fourth-order valence-corrected chi connectivity index (χ4v) is 0. The van der Waals surface area contributed by atoms with Crippen molar-refractivity contribution in [1.29, 1.82) is 0 Å². The van der Waals surface area contributed by atoms with E-state index in [1.807, 2.05) is 6.92 Å². The minimum atomic E-state index is -0.116. The summed E-state index contributed by atoms with van der Waals surface area (Å²) >= 11 is 0. The van der Waals surface area contributed by atoms with E-state index in [9.17, 15) is 0 Å². The van der Waals surface area contributed by atoms with Crippen LogP contribution in [0.2, 0.25) is 0 Å². The summed E-state index contributed by atoms with van der Waals surface area (Å²) in [4.78, 5) is 0. The van der Waals surface area contributed by atoms with Crippen molar-refractivity contribution in [2.45, 2.75) is 26.4 Å². The van der Waals surface area contributed by atoms with E-state index in [2.05, 4.69) is 0 Å². The number of hydrogen-bond acceptors (Lipinski definition) is 1. The number of aliphatic hydroxyl groups is 1. The molecule has 0 rings (SSSR count). The molecule has 0 radical (unpaired) electrons. The molecule has 1 atom stereocenters. The molecular formula is C4H12MgO. The van der Waals surface area contributed by atoms with Crippen molar-refractivity contribution < 1.29 is 5.11 Å². The summed E-state index contributed by atoms with van der Waals surface area (Å²) < 4.78 is 0. The SMILES string of the molecule is CCC(C)O.[MgH2]. The summed E-state index contributed by atoms with van der Waals surface area (Å²) in [6, 6.07) is 0. The van der Waals surface area contributed by atoms with Crippen molar-refractivity contribution in [3.8, 4) is 0 Å². The lowest BCUT2D eigenvalue weighted by molar-refractivity contribution is 0.191. The van der Waals surface area contributed by atoms with Gasteiger partial charge in [-0.05, 0) is 13.3 Å². The first-order valence-electron chi connectivity index (χ1n) is 1.95. The van der Waals surface area contributed by atoms with Crippen molar-refractivity contribution in [1.82, 2.24) is 0 Å². The minimum Gasteiger partial charge on any atom is -0.393 e. The zero-order valence-corrected chi connectivity index (χ0v) is 3.73. The molecule has 0 saturated carbocycles. The molecule has 0 aromatic carbocycles. The maximum Gasteiger partial charge on any atom is 0.316 e. The highest BCUT2D eigenvalue weighted by molar-refractivity contribution is 5.75. The molecule has 2 heteroatoms. The lowest BCUT2D eigenvalue weighted by Gasteiger charge is -1.90. The fraction of sp³-hybridized carbons (Fsp3) is 1.00. The molecule has 0 aliphatic rings. The van der Waals surface area contributed by atoms with E-state index < -0.39 is 0 Å². The summed E-state index contributed by atoms with van der Waals surface area (Å²) in [6.07, 6.45) is 0.745. The van der Waals surface area contributed by atoms with Crippen LogP contribution in [-0.4, -0.2) is 34.3 Å². The molecule has 0 spiro atoms. The molecular weight excluding hydrogens is 88.3 g/mol. The van der Waals surface area contributed by atoms with E-state index in [0.29, 0.717) is 0 Å². The van der Waals surface area contributed by atoms with Crippen molar-refractivity contribution in [2.75, 3.05) is 0 Å². The largest absolute Gasteiger partial charge is 0.393 e. The monoisotopic (exact) mass is 100 g/mol. The summed E-state index contributed by atoms with van der Waals surface area (Å²) in [5, 5.41) is 8.36. The Morgan fingerprint density at radius 2 is 1.83 bits per heavy atom. The Balaban J connectivity index is 0. The van der Waals surface area contributed by atoms with Crippen molar-refractivity contribution in [3.63, 3.8) is 0 Å². The van der Waals surface area contributed by atoms with Gasteiger partial charge in [0.05, 0.1) is 6.10 Å². The number of aliphatic hydroxyl groups excluding tert-OH is 1. The third-order valence-corrected chi connectivity index (χ3v) is 0.591. The van der Waals surface area contributed by atoms with E-state index in [1.54, 1.807) is 6.92 Å². The molecule has 6 heavy (non-hydrogen) atoms. The van der Waals surface area contributed by atoms with Gasteiger partial charge in [-0.2, -0.15) is 0 Å². The maximum absolute atomic E-state index is 8.36. The van der Waals surface area contributed by atoms with Gasteiger partial charge in [-0.3, -0.25) is 0 Å². The number of hydrogen-bond donors (Lipinski definition) is 1. The third-order valence-electron chi connectivity index (χ3n) is 0.591. The molecule has 0 aliphatic carbocycles. The van der Waals surface area contributed by atoms with Gasteiger partial charge in [-0.15, -0.1) is 0 Å². The van der Waals surface area contributed by atoms with Gasteiger partial charge < -0.3 is 5.11 Å². The molecule has 0 bridgehead atoms. The highest BCUT2D eigenvalue weighted by atomic mass is 24.3. The average Bonchev–Trinajstić information content (AvgIpc) is 1.38. The normalized spacial score (nSPS) is 12.5. The summed E-state index contributed by atoms with van der Waals surface area (Å²) in [7, 11) is 0. The topological polar surface area (TPSA) is 20.2 Å². The lowest BCUT2D eigenvalue weighted by Crippen LogP contribution is -1.93. The zero-order valence-electron chi connectivity index (χ0n) is 3.73. The van der Waals surface area contributed by atoms with E-state index >= 15 is 0 Å². The number of rotatable bonds is 1. The first-order valence-corrected chi connectivity index (χ1v) is 1.95. The first-order chi connectivity index (χ1) is 2.27. The lowest BCUT2D eigenvalue weighted by atomic mass is 10.3. The van der Waals surface area contributed by atoms with Crippen LogP contribution in [0.4, 0.5) is 0 Å². The van der Waals surface area contributed by atoms with E-state index in [1.165, 1.54) is 0 Å². The Bertz CT molecular complexity index is 21.5. The fourth-order valence-electron chi connectivity index (χ4n) is 0. The van der Waals surface area contributed by atoms with Gasteiger partial charge in [0.2, 0.25) is 0 Å². The molecule has 36 valence electrons. The predicted octanol–water partition coefficient (Wildman–Crippen LogP) is -0.139. The van der Waals surface area contributed by atoms with Gasteiger partial charge in [0, 0.05) is 0 Å². The minimum absolute atomic E-state index is 0. The molecule has 1 nitrogen and oxygen atoms in total. The van der Waals surface area contributed by atoms with Gasteiger partial charge in [-0.25, -0.2) is 0 Å². The molecule has 1 unspecified atom stereocenters. The summed E-state index contributed by atoms with van der Waals surface area (Å²) in [6.45, 7) is 3.73. The van der Waals surface area contributed by atoms with Gasteiger partial charge in [0.1, 0.15) is 0 Å². The second-order valence-electron chi connectivity index (χ2n) is 1.26. The Kier molecular flexibility index (Phi) is 9.42. The molecule has 0 aromatic rings. The van der Waals surface area contributed by atoms with Crippen LogP contribution in [0.3, 0.4) is 0 Å². The van der Waals surface area contributed by atoms with E-state index in [-0.39, 0.29) is 29.2 Å². The Morgan fingerprint density at radius 1 is 1.67 bits per heavy atom. The van der Waals surface area contributed by atoms with Crippen LogP contribution in [0, 0.1) is 0 Å². The summed E-state index contributed by atoms with van der Waals surface area (Å²) in [5.41, 5.74) is 0. The van der Waals surface area contributed by atoms with E-state index in [0.717, 1.165) is 6.42 Å².